The Bertz CT molecular complexity index is 1110. The molecule has 6 heteroatoms. The highest BCUT2D eigenvalue weighted by molar-refractivity contribution is 6.13. The van der Waals surface area contributed by atoms with Crippen molar-refractivity contribution in [3.05, 3.63) is 117 Å². The SMILES string of the molecule is Cc1cccc([C@H](C[N+](=O)[O-])[C@@H](N=C(c2ccccc2)c2ccccc2)C(=O)OC(C)(C)C)c1. The number of hydrogen-bond donors (Lipinski definition) is 0. The lowest BCUT2D eigenvalue weighted by molar-refractivity contribution is -0.483. The summed E-state index contributed by atoms with van der Waals surface area (Å²) in [5.74, 6) is -1.39. The van der Waals surface area contributed by atoms with Crippen molar-refractivity contribution in [1.29, 1.82) is 0 Å². The van der Waals surface area contributed by atoms with E-state index in [1.165, 1.54) is 0 Å². The summed E-state index contributed by atoms with van der Waals surface area (Å²) in [6, 6.07) is 25.3. The Kier molecular flexibility index (Phi) is 7.95. The number of ether oxygens (including phenoxy) is 1. The zero-order valence-electron chi connectivity index (χ0n) is 20.0. The molecule has 0 bridgehead atoms. The van der Waals surface area contributed by atoms with Gasteiger partial charge in [-0.1, -0.05) is 90.5 Å². The van der Waals surface area contributed by atoms with Gasteiger partial charge in [-0.15, -0.1) is 0 Å². The molecule has 6 nitrogen and oxygen atoms in total. The minimum atomic E-state index is -1.11. The quantitative estimate of drug-likeness (QED) is 0.190. The number of carbonyl (C=O) groups is 1. The molecule has 0 unspecified atom stereocenters. The molecule has 3 aromatic rings. The van der Waals surface area contributed by atoms with Gasteiger partial charge in [0.05, 0.1) is 11.6 Å². The smallest absolute Gasteiger partial charge is 0.332 e. The van der Waals surface area contributed by atoms with Gasteiger partial charge in [-0.25, -0.2) is 4.79 Å². The summed E-state index contributed by atoms with van der Waals surface area (Å²) >= 11 is 0. The molecule has 0 saturated heterocycles. The number of aliphatic imine (C=N–C) groups is 1. The highest BCUT2D eigenvalue weighted by Crippen LogP contribution is 2.28. The summed E-state index contributed by atoms with van der Waals surface area (Å²) in [7, 11) is 0. The van der Waals surface area contributed by atoms with Crippen molar-refractivity contribution >= 4 is 11.7 Å². The number of esters is 1. The highest BCUT2D eigenvalue weighted by atomic mass is 16.6. The monoisotopic (exact) mass is 458 g/mol. The van der Waals surface area contributed by atoms with E-state index in [4.69, 9.17) is 9.73 Å². The summed E-state index contributed by atoms with van der Waals surface area (Å²) in [6.45, 7) is 6.79. The zero-order chi connectivity index (χ0) is 24.7. The molecule has 0 aliphatic rings. The molecule has 0 amide bonds. The van der Waals surface area contributed by atoms with Crippen LogP contribution in [0.15, 0.2) is 89.9 Å². The van der Waals surface area contributed by atoms with E-state index in [0.717, 1.165) is 16.7 Å². The first-order valence-corrected chi connectivity index (χ1v) is 11.2. The van der Waals surface area contributed by atoms with Gasteiger partial charge in [0.25, 0.3) is 0 Å². The minimum absolute atomic E-state index is 0.398. The Morgan fingerprint density at radius 3 is 1.97 bits per heavy atom. The summed E-state index contributed by atoms with van der Waals surface area (Å²) in [5, 5.41) is 11.7. The number of carbonyl (C=O) groups excluding carboxylic acids is 1. The number of aryl methyl sites for hydroxylation is 1. The summed E-state index contributed by atoms with van der Waals surface area (Å²) < 4.78 is 5.72. The standard InChI is InChI=1S/C28H30N2O4/c1-20-12-11-17-23(18-20)24(19-30(32)33)26(27(31)34-28(2,3)4)29-25(21-13-7-5-8-14-21)22-15-9-6-10-16-22/h5-18,24,26H,19H2,1-4H3/t24-,26+/m0/s1. The van der Waals surface area contributed by atoms with Crippen molar-refractivity contribution in [2.24, 2.45) is 4.99 Å². The number of benzene rings is 3. The minimum Gasteiger partial charge on any atom is -0.458 e. The molecule has 0 saturated carbocycles. The maximum absolute atomic E-state index is 13.5. The summed E-state index contributed by atoms with van der Waals surface area (Å²) in [6.07, 6.45) is 0. The molecular weight excluding hydrogens is 428 g/mol. The molecule has 0 N–H and O–H groups in total. The van der Waals surface area contributed by atoms with Crippen molar-refractivity contribution in [3.8, 4) is 0 Å². The van der Waals surface area contributed by atoms with Crippen molar-refractivity contribution in [2.45, 2.75) is 45.3 Å². The Hall–Kier alpha value is -3.80. The molecule has 3 aromatic carbocycles. The van der Waals surface area contributed by atoms with Crippen molar-refractivity contribution in [1.82, 2.24) is 0 Å². The van der Waals surface area contributed by atoms with E-state index in [9.17, 15) is 14.9 Å². The Morgan fingerprint density at radius 2 is 1.50 bits per heavy atom. The predicted octanol–water partition coefficient (Wildman–Crippen LogP) is 5.60. The molecule has 0 spiro atoms. The first-order chi connectivity index (χ1) is 16.1. The molecule has 0 radical (unpaired) electrons. The van der Waals surface area contributed by atoms with Crippen LogP contribution in [0.25, 0.3) is 0 Å². The largest absolute Gasteiger partial charge is 0.458 e. The average Bonchev–Trinajstić information content (AvgIpc) is 2.78. The fourth-order valence-electron chi connectivity index (χ4n) is 3.76. The molecular formula is C28H30N2O4. The molecule has 0 heterocycles. The van der Waals surface area contributed by atoms with Gasteiger partial charge in [0.2, 0.25) is 6.54 Å². The molecule has 3 rings (SSSR count). The molecule has 176 valence electrons. The van der Waals surface area contributed by atoms with Crippen LogP contribution >= 0.6 is 0 Å². The van der Waals surface area contributed by atoms with Crippen LogP contribution < -0.4 is 0 Å². The second-order valence-corrected chi connectivity index (χ2v) is 9.22. The summed E-state index contributed by atoms with van der Waals surface area (Å²) in [4.78, 5) is 29.7. The summed E-state index contributed by atoms with van der Waals surface area (Å²) in [5.41, 5.74) is 3.06. The third-order valence-electron chi connectivity index (χ3n) is 5.21. The van der Waals surface area contributed by atoms with Crippen molar-refractivity contribution < 1.29 is 14.5 Å². The maximum Gasteiger partial charge on any atom is 0.332 e. The van der Waals surface area contributed by atoms with E-state index in [1.807, 2.05) is 85.8 Å². The highest BCUT2D eigenvalue weighted by Gasteiger charge is 2.37. The van der Waals surface area contributed by atoms with E-state index in [2.05, 4.69) is 0 Å². The number of nitrogens with zero attached hydrogens (tertiary/aromatic N) is 2. The van der Waals surface area contributed by atoms with E-state index in [0.29, 0.717) is 11.3 Å². The van der Waals surface area contributed by atoms with Gasteiger partial charge in [0, 0.05) is 16.1 Å². The van der Waals surface area contributed by atoms with Gasteiger partial charge < -0.3 is 4.74 Å². The molecule has 0 aliphatic carbocycles. The van der Waals surface area contributed by atoms with Crippen LogP contribution in [-0.2, 0) is 9.53 Å². The third-order valence-corrected chi connectivity index (χ3v) is 5.21. The zero-order valence-corrected chi connectivity index (χ0v) is 20.0. The van der Waals surface area contributed by atoms with E-state index in [1.54, 1.807) is 26.8 Å². The molecule has 0 aliphatic heterocycles. The molecule has 34 heavy (non-hydrogen) atoms. The lowest BCUT2D eigenvalue weighted by atomic mass is 9.89. The first kappa shape index (κ1) is 24.8. The van der Waals surface area contributed by atoms with E-state index in [-0.39, 0.29) is 0 Å². The second kappa shape index (κ2) is 10.9. The van der Waals surface area contributed by atoms with Gasteiger partial charge in [-0.2, -0.15) is 0 Å². The van der Waals surface area contributed by atoms with Crippen LogP contribution in [0.1, 0.15) is 48.9 Å². The van der Waals surface area contributed by atoms with Crippen molar-refractivity contribution in [2.75, 3.05) is 6.54 Å². The van der Waals surface area contributed by atoms with Crippen LogP contribution in [0, 0.1) is 17.0 Å². The van der Waals surface area contributed by atoms with Gasteiger partial charge in [-0.3, -0.25) is 15.1 Å². The van der Waals surface area contributed by atoms with E-state index < -0.39 is 35.0 Å². The lowest BCUT2D eigenvalue weighted by Crippen LogP contribution is -2.37. The number of nitro groups is 1. The number of rotatable bonds is 8. The Morgan fingerprint density at radius 1 is 0.941 bits per heavy atom. The molecule has 0 fully saturated rings. The first-order valence-electron chi connectivity index (χ1n) is 11.2. The number of hydrogen-bond acceptors (Lipinski definition) is 5. The molecule has 2 atom stereocenters. The lowest BCUT2D eigenvalue weighted by Gasteiger charge is -2.26. The average molecular weight is 459 g/mol. The van der Waals surface area contributed by atoms with E-state index >= 15 is 0 Å². The van der Waals surface area contributed by atoms with Crippen LogP contribution in [0.2, 0.25) is 0 Å². The second-order valence-electron chi connectivity index (χ2n) is 9.22. The normalized spacial score (nSPS) is 12.9. The molecule has 0 aromatic heterocycles. The fraction of sp³-hybridized carbons (Fsp3) is 0.286. The van der Waals surface area contributed by atoms with Crippen LogP contribution in [0.5, 0.6) is 0 Å². The third kappa shape index (κ3) is 6.85. The van der Waals surface area contributed by atoms with Gasteiger partial charge in [-0.05, 0) is 33.3 Å². The van der Waals surface area contributed by atoms with Crippen LogP contribution in [-0.4, -0.2) is 34.8 Å². The van der Waals surface area contributed by atoms with Gasteiger partial charge in [0.15, 0.2) is 6.04 Å². The van der Waals surface area contributed by atoms with Crippen LogP contribution in [0.3, 0.4) is 0 Å². The van der Waals surface area contributed by atoms with Gasteiger partial charge >= 0.3 is 5.97 Å². The van der Waals surface area contributed by atoms with Gasteiger partial charge in [0.1, 0.15) is 5.60 Å². The Labute approximate surface area is 200 Å². The fourth-order valence-corrected chi connectivity index (χ4v) is 3.76. The van der Waals surface area contributed by atoms with Crippen molar-refractivity contribution in [3.63, 3.8) is 0 Å². The topological polar surface area (TPSA) is 81.8 Å². The van der Waals surface area contributed by atoms with Crippen LogP contribution in [0.4, 0.5) is 0 Å². The predicted molar refractivity (Wildman–Crippen MR) is 134 cm³/mol. The maximum atomic E-state index is 13.5. The Balaban J connectivity index is 2.23.